The highest BCUT2D eigenvalue weighted by Gasteiger charge is 2.33. The van der Waals surface area contributed by atoms with E-state index in [0.29, 0.717) is 25.8 Å². The van der Waals surface area contributed by atoms with Gasteiger partial charge >= 0.3 is 11.9 Å². The van der Waals surface area contributed by atoms with Gasteiger partial charge in [0.25, 0.3) is 0 Å². The third-order valence-electron chi connectivity index (χ3n) is 5.74. The maximum absolute atomic E-state index is 13.0. The van der Waals surface area contributed by atoms with E-state index in [1.54, 1.807) is 13.8 Å². The van der Waals surface area contributed by atoms with Gasteiger partial charge in [-0.05, 0) is 38.1 Å². The van der Waals surface area contributed by atoms with Crippen LogP contribution < -0.4 is 32.7 Å². The van der Waals surface area contributed by atoms with E-state index in [1.807, 2.05) is 0 Å². The number of carboxylic acids is 2. The first-order valence-corrected chi connectivity index (χ1v) is 11.6. The molecule has 14 heteroatoms. The fourth-order valence-electron chi connectivity index (χ4n) is 3.55. The van der Waals surface area contributed by atoms with Gasteiger partial charge in [0.2, 0.25) is 17.7 Å². The normalized spacial score (nSPS) is 18.4. The van der Waals surface area contributed by atoms with E-state index in [-0.39, 0.29) is 18.9 Å². The monoisotopic (exact) mass is 499 g/mol. The van der Waals surface area contributed by atoms with Crippen LogP contribution in [0, 0.1) is 5.92 Å². The fraction of sp³-hybridized carbons (Fsp3) is 0.714. The van der Waals surface area contributed by atoms with Crippen molar-refractivity contribution in [2.24, 2.45) is 22.4 Å². The molecule has 0 aliphatic carbocycles. The van der Waals surface area contributed by atoms with Gasteiger partial charge in [-0.25, -0.2) is 4.79 Å². The number of hydrogen-bond donors (Lipinski definition) is 8. The quantitative estimate of drug-likeness (QED) is 0.0690. The molecule has 0 radical (unpaired) electrons. The summed E-state index contributed by atoms with van der Waals surface area (Å²) < 4.78 is 0. The zero-order valence-corrected chi connectivity index (χ0v) is 20.1. The number of aliphatic carboxylic acids is 2. The summed E-state index contributed by atoms with van der Waals surface area (Å²) in [4.78, 5) is 65.0. The molecule has 5 atom stereocenters. The minimum absolute atomic E-state index is 0.118. The number of hydrogen-bond acceptors (Lipinski definition) is 7. The number of nitrogens with one attached hydrogen (secondary N) is 4. The summed E-state index contributed by atoms with van der Waals surface area (Å²) in [5.41, 5.74) is 10.6. The number of nitrogens with two attached hydrogens (primary N) is 2. The molecule has 0 bridgehead atoms. The molecule has 1 aliphatic heterocycles. The summed E-state index contributed by atoms with van der Waals surface area (Å²) in [6.07, 6.45) is 1.52. The topological polar surface area (TPSA) is 238 Å². The van der Waals surface area contributed by atoms with Crippen LogP contribution in [0.4, 0.5) is 0 Å². The Balaban J connectivity index is 2.98. The van der Waals surface area contributed by atoms with E-state index in [1.165, 1.54) is 0 Å². The van der Waals surface area contributed by atoms with Crippen molar-refractivity contribution in [3.63, 3.8) is 0 Å². The van der Waals surface area contributed by atoms with Crippen LogP contribution >= 0.6 is 0 Å². The molecule has 0 aromatic heterocycles. The third-order valence-corrected chi connectivity index (χ3v) is 5.74. The largest absolute Gasteiger partial charge is 0.481 e. The van der Waals surface area contributed by atoms with Crippen LogP contribution in [-0.2, 0) is 24.0 Å². The van der Waals surface area contributed by atoms with Gasteiger partial charge in [-0.1, -0.05) is 20.3 Å². The Kier molecular flexibility index (Phi) is 12.5. The average molecular weight is 500 g/mol. The van der Waals surface area contributed by atoms with Crippen molar-refractivity contribution in [3.8, 4) is 0 Å². The zero-order chi connectivity index (χ0) is 26.5. The lowest BCUT2D eigenvalue weighted by molar-refractivity contribution is -0.144. The van der Waals surface area contributed by atoms with Gasteiger partial charge in [0.05, 0.1) is 12.5 Å². The Hall–Kier alpha value is -3.42. The number of aliphatic imine (C=N–C) groups is 1. The zero-order valence-electron chi connectivity index (χ0n) is 20.1. The van der Waals surface area contributed by atoms with Crippen molar-refractivity contribution in [3.05, 3.63) is 0 Å². The van der Waals surface area contributed by atoms with E-state index >= 15 is 0 Å². The summed E-state index contributed by atoms with van der Waals surface area (Å²) in [5, 5.41) is 29.0. The Labute approximate surface area is 203 Å². The van der Waals surface area contributed by atoms with Gasteiger partial charge in [-0.15, -0.1) is 0 Å². The highest BCUT2D eigenvalue weighted by atomic mass is 16.4. The maximum Gasteiger partial charge on any atom is 0.326 e. The molecule has 0 aromatic carbocycles. The molecular weight excluding hydrogens is 462 g/mol. The number of carbonyl (C=O) groups excluding carboxylic acids is 3. The molecule has 14 nitrogen and oxygen atoms in total. The second-order valence-corrected chi connectivity index (χ2v) is 8.53. The minimum atomic E-state index is -1.55. The smallest absolute Gasteiger partial charge is 0.326 e. The molecular formula is C21H37N7O7. The van der Waals surface area contributed by atoms with Gasteiger partial charge in [-0.2, -0.15) is 0 Å². The van der Waals surface area contributed by atoms with Gasteiger partial charge in [0.1, 0.15) is 18.1 Å². The number of rotatable bonds is 15. The number of carboxylic acid groups (broad SMARTS) is 2. The van der Waals surface area contributed by atoms with Crippen LogP contribution in [0.5, 0.6) is 0 Å². The van der Waals surface area contributed by atoms with Crippen LogP contribution in [0.3, 0.4) is 0 Å². The fourth-order valence-corrected chi connectivity index (χ4v) is 3.55. The molecule has 10 N–H and O–H groups in total. The van der Waals surface area contributed by atoms with Gasteiger partial charge in [0, 0.05) is 6.54 Å². The van der Waals surface area contributed by atoms with Gasteiger partial charge in [-0.3, -0.25) is 24.2 Å². The summed E-state index contributed by atoms with van der Waals surface area (Å²) in [6, 6.07) is -4.36. The van der Waals surface area contributed by atoms with Crippen molar-refractivity contribution in [1.82, 2.24) is 21.3 Å². The molecule has 1 rings (SSSR count). The molecule has 1 saturated heterocycles. The second kappa shape index (κ2) is 14.8. The van der Waals surface area contributed by atoms with Crippen LogP contribution in [-0.4, -0.2) is 83.1 Å². The van der Waals surface area contributed by atoms with Crippen molar-refractivity contribution in [2.45, 2.75) is 76.5 Å². The summed E-state index contributed by atoms with van der Waals surface area (Å²) >= 11 is 0. The average Bonchev–Trinajstić information content (AvgIpc) is 3.32. The van der Waals surface area contributed by atoms with E-state index in [9.17, 15) is 34.2 Å². The highest BCUT2D eigenvalue weighted by Crippen LogP contribution is 2.10. The molecule has 35 heavy (non-hydrogen) atoms. The molecule has 1 aliphatic rings. The predicted molar refractivity (Wildman–Crippen MR) is 126 cm³/mol. The van der Waals surface area contributed by atoms with E-state index in [0.717, 1.165) is 6.42 Å². The lowest BCUT2D eigenvalue weighted by Crippen LogP contribution is -2.58. The van der Waals surface area contributed by atoms with Crippen LogP contribution in [0.1, 0.15) is 52.4 Å². The lowest BCUT2D eigenvalue weighted by atomic mass is 9.98. The van der Waals surface area contributed by atoms with Crippen molar-refractivity contribution < 1.29 is 34.2 Å². The van der Waals surface area contributed by atoms with Gasteiger partial charge < -0.3 is 42.9 Å². The SMILES string of the molecule is CCC(C)C(NC(=O)C(CC(=O)O)NC(=O)C(CCCN=C(N)N)NC(=O)C1CCCN1)C(=O)O. The van der Waals surface area contributed by atoms with Crippen molar-refractivity contribution in [2.75, 3.05) is 13.1 Å². The van der Waals surface area contributed by atoms with Crippen LogP contribution in [0.25, 0.3) is 0 Å². The molecule has 1 fully saturated rings. The first-order chi connectivity index (χ1) is 16.5. The predicted octanol–water partition coefficient (Wildman–Crippen LogP) is -2.15. The maximum atomic E-state index is 13.0. The molecule has 0 aromatic rings. The van der Waals surface area contributed by atoms with E-state index in [2.05, 4.69) is 26.3 Å². The molecule has 5 unspecified atom stereocenters. The molecule has 0 spiro atoms. The van der Waals surface area contributed by atoms with Crippen LogP contribution in [0.15, 0.2) is 4.99 Å². The number of amides is 3. The minimum Gasteiger partial charge on any atom is -0.481 e. The molecule has 1 heterocycles. The number of guanidine groups is 1. The number of carbonyl (C=O) groups is 5. The number of nitrogens with zero attached hydrogens (tertiary/aromatic N) is 1. The summed E-state index contributed by atoms with van der Waals surface area (Å²) in [5.74, 6) is -5.33. The molecule has 3 amide bonds. The molecule has 0 saturated carbocycles. The first-order valence-electron chi connectivity index (χ1n) is 11.6. The first kappa shape index (κ1) is 29.6. The highest BCUT2D eigenvalue weighted by molar-refractivity contribution is 5.95. The molecule has 198 valence electrons. The van der Waals surface area contributed by atoms with E-state index < -0.39 is 66.2 Å². The van der Waals surface area contributed by atoms with Crippen molar-refractivity contribution in [1.29, 1.82) is 0 Å². The standard InChI is InChI=1S/C21H37N7O7/c1-3-11(2)16(20(34)35)28-19(33)14(10-15(29)30)27-18(32)13(7-5-9-25-21(22)23)26-17(31)12-6-4-8-24-12/h11-14,16,24H,3-10H2,1-2H3,(H,26,31)(H,27,32)(H,28,33)(H,29,30)(H,34,35)(H4,22,23,25). The van der Waals surface area contributed by atoms with E-state index in [4.69, 9.17) is 11.5 Å². The van der Waals surface area contributed by atoms with Crippen LogP contribution in [0.2, 0.25) is 0 Å². The summed E-state index contributed by atoms with van der Waals surface area (Å²) in [7, 11) is 0. The Morgan fingerprint density at radius 2 is 1.71 bits per heavy atom. The second-order valence-electron chi connectivity index (χ2n) is 8.53. The lowest BCUT2D eigenvalue weighted by Gasteiger charge is -2.26. The van der Waals surface area contributed by atoms with Crippen molar-refractivity contribution >= 4 is 35.6 Å². The Morgan fingerprint density at radius 1 is 1.06 bits per heavy atom. The van der Waals surface area contributed by atoms with Gasteiger partial charge in [0.15, 0.2) is 5.96 Å². The Morgan fingerprint density at radius 3 is 2.23 bits per heavy atom. The third kappa shape index (κ3) is 10.6. The Bertz CT molecular complexity index is 795. The summed E-state index contributed by atoms with van der Waals surface area (Å²) in [6.45, 7) is 4.24.